The molecule has 5 nitrogen and oxygen atoms in total. The number of hydrogen-bond acceptors (Lipinski definition) is 4. The van der Waals surface area contributed by atoms with Crippen LogP contribution >= 0.6 is 34.8 Å². The molecule has 0 spiro atoms. The molecule has 0 unspecified atom stereocenters. The fraction of sp³-hybridized carbons (Fsp3) is 0.0455. The van der Waals surface area contributed by atoms with E-state index in [1.54, 1.807) is 42.5 Å². The summed E-state index contributed by atoms with van der Waals surface area (Å²) >= 11 is 19.2. The molecule has 0 atom stereocenters. The second kappa shape index (κ2) is 8.11. The van der Waals surface area contributed by atoms with Crippen molar-refractivity contribution in [3.63, 3.8) is 0 Å². The lowest BCUT2D eigenvalue weighted by Gasteiger charge is -2.14. The van der Waals surface area contributed by atoms with Crippen molar-refractivity contribution in [1.29, 1.82) is 0 Å². The average molecular weight is 460 g/mol. The molecule has 0 amide bonds. The molecule has 0 saturated heterocycles. The lowest BCUT2D eigenvalue weighted by Crippen LogP contribution is -2.29. The number of methoxy groups -OCH3 is 1. The molecule has 0 radical (unpaired) electrons. The van der Waals surface area contributed by atoms with Crippen LogP contribution in [0.15, 0.2) is 60.8 Å². The van der Waals surface area contributed by atoms with Gasteiger partial charge in [0, 0.05) is 22.0 Å². The van der Waals surface area contributed by atoms with Gasteiger partial charge in [-0.25, -0.2) is 9.78 Å². The first kappa shape index (κ1) is 20.4. The van der Waals surface area contributed by atoms with Gasteiger partial charge in [0.15, 0.2) is 6.20 Å². The SMILES string of the molecule is COC(=O)c1cc(-c2ccccc2Cl)c2cc[n+]([O-])c(-c3c(Cl)cccc3Cl)c2n1. The molecule has 0 N–H and O–H groups in total. The van der Waals surface area contributed by atoms with Gasteiger partial charge >= 0.3 is 5.97 Å². The highest BCUT2D eigenvalue weighted by atomic mass is 35.5. The quantitative estimate of drug-likeness (QED) is 0.216. The van der Waals surface area contributed by atoms with E-state index in [0.717, 1.165) is 0 Å². The van der Waals surface area contributed by atoms with Crippen LogP contribution in [0.3, 0.4) is 0 Å². The van der Waals surface area contributed by atoms with Gasteiger partial charge in [-0.15, -0.1) is 0 Å². The number of aromatic nitrogens is 2. The first-order valence-corrected chi connectivity index (χ1v) is 9.90. The maximum absolute atomic E-state index is 12.8. The van der Waals surface area contributed by atoms with Crippen LogP contribution in [0.2, 0.25) is 15.1 Å². The fourth-order valence-electron chi connectivity index (χ4n) is 3.29. The molecule has 4 aromatic rings. The van der Waals surface area contributed by atoms with Crippen molar-refractivity contribution in [2.45, 2.75) is 0 Å². The van der Waals surface area contributed by atoms with Crippen LogP contribution < -0.4 is 4.73 Å². The molecular weight excluding hydrogens is 447 g/mol. The molecule has 30 heavy (non-hydrogen) atoms. The van der Waals surface area contributed by atoms with Crippen molar-refractivity contribution in [1.82, 2.24) is 4.98 Å². The van der Waals surface area contributed by atoms with Crippen LogP contribution in [-0.2, 0) is 4.74 Å². The largest absolute Gasteiger partial charge is 0.618 e. The van der Waals surface area contributed by atoms with E-state index in [2.05, 4.69) is 4.98 Å². The number of halogens is 3. The molecular formula is C22H13Cl3N2O3. The smallest absolute Gasteiger partial charge is 0.356 e. The summed E-state index contributed by atoms with van der Waals surface area (Å²) in [6.45, 7) is 0. The summed E-state index contributed by atoms with van der Waals surface area (Å²) < 4.78 is 5.48. The van der Waals surface area contributed by atoms with Gasteiger partial charge in [-0.2, -0.15) is 4.73 Å². The Morgan fingerprint density at radius 1 is 0.967 bits per heavy atom. The summed E-state index contributed by atoms with van der Waals surface area (Å²) in [5.74, 6) is -0.650. The van der Waals surface area contributed by atoms with E-state index in [4.69, 9.17) is 39.5 Å². The second-order valence-corrected chi connectivity index (χ2v) is 7.60. The number of nitrogens with zero attached hydrogens (tertiary/aromatic N) is 2. The van der Waals surface area contributed by atoms with E-state index in [9.17, 15) is 10.0 Å². The summed E-state index contributed by atoms with van der Waals surface area (Å²) in [7, 11) is 1.26. The number of benzene rings is 2. The summed E-state index contributed by atoms with van der Waals surface area (Å²) in [5.41, 5.74) is 2.02. The zero-order chi connectivity index (χ0) is 21.4. The number of fused-ring (bicyclic) bond motifs is 1. The highest BCUT2D eigenvalue weighted by Crippen LogP contribution is 2.39. The Morgan fingerprint density at radius 3 is 2.30 bits per heavy atom. The Labute approximate surface area is 187 Å². The Kier molecular flexibility index (Phi) is 5.52. The fourth-order valence-corrected chi connectivity index (χ4v) is 4.10. The van der Waals surface area contributed by atoms with E-state index in [0.29, 0.717) is 31.8 Å². The van der Waals surface area contributed by atoms with Gasteiger partial charge in [-0.3, -0.25) is 0 Å². The molecule has 2 aromatic carbocycles. The lowest BCUT2D eigenvalue weighted by molar-refractivity contribution is -0.592. The Balaban J connectivity index is 2.18. The standard InChI is InChI=1S/C22H13Cl3N2O3/c1-30-22(28)18-11-14(12-5-2-3-6-15(12)23)13-9-10-27(29)21(20(13)26-18)19-16(24)7-4-8-17(19)25/h2-11H,1H3. The minimum atomic E-state index is -0.650. The summed E-state index contributed by atoms with van der Waals surface area (Å²) in [6, 6.07) is 15.3. The molecule has 4 rings (SSSR count). The van der Waals surface area contributed by atoms with Crippen molar-refractivity contribution in [3.05, 3.63) is 86.8 Å². The molecule has 2 heterocycles. The molecule has 8 heteroatoms. The van der Waals surface area contributed by atoms with Crippen LogP contribution in [0.25, 0.3) is 33.3 Å². The predicted octanol–water partition coefficient (Wildman–Crippen LogP) is 5.95. The van der Waals surface area contributed by atoms with Gasteiger partial charge in [-0.1, -0.05) is 59.1 Å². The third-order valence-corrected chi connectivity index (χ3v) is 5.60. The lowest BCUT2D eigenvalue weighted by atomic mass is 9.98. The molecule has 2 aromatic heterocycles. The molecule has 0 aliphatic heterocycles. The maximum Gasteiger partial charge on any atom is 0.356 e. The highest BCUT2D eigenvalue weighted by molar-refractivity contribution is 6.39. The number of pyridine rings is 2. The van der Waals surface area contributed by atoms with E-state index in [1.165, 1.54) is 13.3 Å². The van der Waals surface area contributed by atoms with Gasteiger partial charge in [0.25, 0.3) is 5.69 Å². The Hall–Kier alpha value is -2.86. The molecule has 0 aliphatic rings. The number of ether oxygens (including phenoxy) is 1. The van der Waals surface area contributed by atoms with Crippen LogP contribution in [0.5, 0.6) is 0 Å². The van der Waals surface area contributed by atoms with Crippen LogP contribution in [-0.4, -0.2) is 18.1 Å². The second-order valence-electron chi connectivity index (χ2n) is 6.38. The Morgan fingerprint density at radius 2 is 1.63 bits per heavy atom. The number of carbonyl (C=O) groups excluding carboxylic acids is 1. The van der Waals surface area contributed by atoms with Crippen molar-refractivity contribution < 1.29 is 14.3 Å². The van der Waals surface area contributed by atoms with Crippen LogP contribution in [0.4, 0.5) is 0 Å². The molecule has 0 aliphatic carbocycles. The van der Waals surface area contributed by atoms with Crippen LogP contribution in [0, 0.1) is 5.21 Å². The van der Waals surface area contributed by atoms with E-state index in [1.807, 2.05) is 12.1 Å². The van der Waals surface area contributed by atoms with Gasteiger partial charge in [0.1, 0.15) is 11.2 Å². The molecule has 150 valence electrons. The van der Waals surface area contributed by atoms with E-state index < -0.39 is 5.97 Å². The number of hydrogen-bond donors (Lipinski definition) is 0. The first-order chi connectivity index (χ1) is 14.4. The Bertz CT molecular complexity index is 1290. The summed E-state index contributed by atoms with van der Waals surface area (Å²) in [6.07, 6.45) is 1.34. The third-order valence-electron chi connectivity index (χ3n) is 4.64. The number of rotatable bonds is 3. The van der Waals surface area contributed by atoms with Crippen molar-refractivity contribution in [2.24, 2.45) is 0 Å². The average Bonchev–Trinajstić information content (AvgIpc) is 2.74. The van der Waals surface area contributed by atoms with Gasteiger partial charge < -0.3 is 9.94 Å². The van der Waals surface area contributed by atoms with Crippen molar-refractivity contribution >= 4 is 51.7 Å². The minimum Gasteiger partial charge on any atom is -0.618 e. The van der Waals surface area contributed by atoms with E-state index >= 15 is 0 Å². The number of carbonyl (C=O) groups is 1. The van der Waals surface area contributed by atoms with Gasteiger partial charge in [0.05, 0.1) is 22.7 Å². The summed E-state index contributed by atoms with van der Waals surface area (Å²) in [5, 5.41) is 14.5. The predicted molar refractivity (Wildman–Crippen MR) is 118 cm³/mol. The van der Waals surface area contributed by atoms with Gasteiger partial charge in [0.2, 0.25) is 0 Å². The number of esters is 1. The van der Waals surface area contributed by atoms with Crippen molar-refractivity contribution in [2.75, 3.05) is 7.11 Å². The summed E-state index contributed by atoms with van der Waals surface area (Å²) in [4.78, 5) is 16.8. The molecule has 0 saturated carbocycles. The van der Waals surface area contributed by atoms with Crippen molar-refractivity contribution in [3.8, 4) is 22.4 Å². The minimum absolute atomic E-state index is 0.0237. The molecule has 0 bridgehead atoms. The van der Waals surface area contributed by atoms with Crippen LogP contribution in [0.1, 0.15) is 10.5 Å². The normalized spacial score (nSPS) is 10.9. The van der Waals surface area contributed by atoms with Gasteiger partial charge in [-0.05, 0) is 29.8 Å². The molecule has 0 fully saturated rings. The first-order valence-electron chi connectivity index (χ1n) is 8.77. The monoisotopic (exact) mass is 458 g/mol. The topological polar surface area (TPSA) is 66.1 Å². The maximum atomic E-state index is 12.8. The van der Waals surface area contributed by atoms with E-state index in [-0.39, 0.29) is 26.9 Å². The highest BCUT2D eigenvalue weighted by Gasteiger charge is 2.25. The zero-order valence-corrected chi connectivity index (χ0v) is 17.8. The third kappa shape index (κ3) is 3.45. The zero-order valence-electron chi connectivity index (χ0n) is 15.5.